The highest BCUT2D eigenvalue weighted by atomic mass is 16.5. The zero-order valence-corrected chi connectivity index (χ0v) is 18.3. The predicted octanol–water partition coefficient (Wildman–Crippen LogP) is 2.78. The standard InChI is InChI=1S/C24H30N6O2/c31-22(8-9-23-27-24(28-32-23)20-10-13-25-14-11-20)26-12-4-5-15-29-16-18-30(19-17-29)21-6-2-1-3-7-21/h1-3,6-7,10-11,13-14H,4-5,8-9,12,15-19H2,(H,26,31). The number of nitrogens with zero attached hydrogens (tertiary/aromatic N) is 5. The van der Waals surface area contributed by atoms with E-state index in [9.17, 15) is 4.79 Å². The Morgan fingerprint density at radius 2 is 1.78 bits per heavy atom. The molecule has 2 aromatic heterocycles. The van der Waals surface area contributed by atoms with Gasteiger partial charge in [0, 0.05) is 69.2 Å². The van der Waals surface area contributed by atoms with Crippen LogP contribution in [0.3, 0.4) is 0 Å². The van der Waals surface area contributed by atoms with Gasteiger partial charge in [0.25, 0.3) is 0 Å². The van der Waals surface area contributed by atoms with Crippen molar-refractivity contribution in [2.24, 2.45) is 0 Å². The molecule has 0 spiro atoms. The van der Waals surface area contributed by atoms with Gasteiger partial charge in [-0.05, 0) is 43.7 Å². The molecular weight excluding hydrogens is 404 g/mol. The third-order valence-electron chi connectivity index (χ3n) is 5.69. The number of anilines is 1. The van der Waals surface area contributed by atoms with E-state index in [0.717, 1.165) is 51.1 Å². The van der Waals surface area contributed by atoms with Gasteiger partial charge in [-0.3, -0.25) is 14.7 Å². The van der Waals surface area contributed by atoms with Crippen LogP contribution < -0.4 is 10.2 Å². The number of hydrogen-bond donors (Lipinski definition) is 1. The number of piperazine rings is 1. The maximum atomic E-state index is 12.1. The first-order valence-electron chi connectivity index (χ1n) is 11.3. The number of carbonyl (C=O) groups is 1. The molecule has 3 heterocycles. The van der Waals surface area contributed by atoms with Crippen molar-refractivity contribution in [2.45, 2.75) is 25.7 Å². The molecule has 0 unspecified atom stereocenters. The number of benzene rings is 1. The van der Waals surface area contributed by atoms with E-state index in [1.807, 2.05) is 12.1 Å². The maximum Gasteiger partial charge on any atom is 0.227 e. The first kappa shape index (κ1) is 22.0. The molecule has 3 aromatic rings. The minimum absolute atomic E-state index is 0.0186. The highest BCUT2D eigenvalue weighted by Gasteiger charge is 2.16. The predicted molar refractivity (Wildman–Crippen MR) is 123 cm³/mol. The summed E-state index contributed by atoms with van der Waals surface area (Å²) in [7, 11) is 0. The molecule has 1 aliphatic heterocycles. The number of hydrogen-bond acceptors (Lipinski definition) is 7. The van der Waals surface area contributed by atoms with Crippen molar-refractivity contribution in [2.75, 3.05) is 44.2 Å². The van der Waals surface area contributed by atoms with E-state index in [1.165, 1.54) is 5.69 Å². The summed E-state index contributed by atoms with van der Waals surface area (Å²) in [4.78, 5) is 25.4. The lowest BCUT2D eigenvalue weighted by Gasteiger charge is -2.36. The van der Waals surface area contributed by atoms with Gasteiger partial charge in [0.05, 0.1) is 0 Å². The summed E-state index contributed by atoms with van der Waals surface area (Å²) in [6, 6.07) is 14.3. The van der Waals surface area contributed by atoms with Crippen molar-refractivity contribution in [3.8, 4) is 11.4 Å². The van der Waals surface area contributed by atoms with Crippen molar-refractivity contribution in [1.82, 2.24) is 25.3 Å². The third-order valence-corrected chi connectivity index (χ3v) is 5.69. The van der Waals surface area contributed by atoms with E-state index in [4.69, 9.17) is 4.52 Å². The highest BCUT2D eigenvalue weighted by molar-refractivity contribution is 5.75. The summed E-state index contributed by atoms with van der Waals surface area (Å²) < 4.78 is 5.24. The van der Waals surface area contributed by atoms with Crippen LogP contribution in [0.5, 0.6) is 0 Å². The Kier molecular flexibility index (Phi) is 7.81. The number of pyridine rings is 1. The Morgan fingerprint density at radius 1 is 1.00 bits per heavy atom. The van der Waals surface area contributed by atoms with Crippen LogP contribution in [-0.4, -0.2) is 65.2 Å². The smallest absolute Gasteiger partial charge is 0.227 e. The number of aryl methyl sites for hydroxylation is 1. The molecule has 0 radical (unpaired) electrons. The molecule has 0 saturated carbocycles. The van der Waals surface area contributed by atoms with Gasteiger partial charge < -0.3 is 14.7 Å². The fourth-order valence-electron chi connectivity index (χ4n) is 3.84. The largest absolute Gasteiger partial charge is 0.369 e. The summed E-state index contributed by atoms with van der Waals surface area (Å²) in [6.45, 7) is 6.10. The molecule has 8 heteroatoms. The van der Waals surface area contributed by atoms with Crippen LogP contribution in [0.4, 0.5) is 5.69 Å². The second-order valence-electron chi connectivity index (χ2n) is 7.97. The average Bonchev–Trinajstić information content (AvgIpc) is 3.33. The third kappa shape index (κ3) is 6.37. The Labute approximate surface area is 188 Å². The van der Waals surface area contributed by atoms with Gasteiger partial charge in [-0.25, -0.2) is 0 Å². The molecular formula is C24H30N6O2. The fourth-order valence-corrected chi connectivity index (χ4v) is 3.84. The molecule has 8 nitrogen and oxygen atoms in total. The molecule has 1 saturated heterocycles. The summed E-state index contributed by atoms with van der Waals surface area (Å²) in [6.07, 6.45) is 6.23. The molecule has 1 amide bonds. The van der Waals surface area contributed by atoms with Crippen LogP contribution in [0.2, 0.25) is 0 Å². The number of carbonyl (C=O) groups excluding carboxylic acids is 1. The number of nitrogens with one attached hydrogen (secondary N) is 1. The first-order chi connectivity index (χ1) is 15.8. The zero-order valence-electron chi connectivity index (χ0n) is 18.3. The molecule has 1 N–H and O–H groups in total. The number of aromatic nitrogens is 3. The molecule has 32 heavy (non-hydrogen) atoms. The van der Waals surface area contributed by atoms with Gasteiger partial charge in [0.2, 0.25) is 17.6 Å². The van der Waals surface area contributed by atoms with Crippen LogP contribution in [-0.2, 0) is 11.2 Å². The molecule has 0 bridgehead atoms. The fraction of sp³-hybridized carbons (Fsp3) is 0.417. The van der Waals surface area contributed by atoms with Crippen molar-refractivity contribution in [1.29, 1.82) is 0 Å². The Balaban J connectivity index is 1.06. The number of rotatable bonds is 10. The Hall–Kier alpha value is -3.26. The molecule has 1 aromatic carbocycles. The molecule has 4 rings (SSSR count). The summed E-state index contributed by atoms with van der Waals surface area (Å²) in [5, 5.41) is 6.96. The molecule has 0 atom stereocenters. The highest BCUT2D eigenvalue weighted by Crippen LogP contribution is 2.16. The van der Waals surface area contributed by atoms with Crippen LogP contribution in [0, 0.1) is 0 Å². The Morgan fingerprint density at radius 3 is 2.56 bits per heavy atom. The van der Waals surface area contributed by atoms with Gasteiger partial charge >= 0.3 is 0 Å². The molecule has 168 valence electrons. The monoisotopic (exact) mass is 434 g/mol. The van der Waals surface area contributed by atoms with Gasteiger partial charge in [-0.2, -0.15) is 4.98 Å². The zero-order chi connectivity index (χ0) is 22.0. The van der Waals surface area contributed by atoms with Gasteiger partial charge in [-0.15, -0.1) is 0 Å². The van der Waals surface area contributed by atoms with Crippen LogP contribution in [0.15, 0.2) is 59.4 Å². The summed E-state index contributed by atoms with van der Waals surface area (Å²) in [5.74, 6) is 1.01. The normalized spacial score (nSPS) is 14.4. The number of amides is 1. The second-order valence-corrected chi connectivity index (χ2v) is 7.97. The van der Waals surface area contributed by atoms with Crippen molar-refractivity contribution in [3.05, 3.63) is 60.7 Å². The van der Waals surface area contributed by atoms with Crippen LogP contribution in [0.25, 0.3) is 11.4 Å². The lowest BCUT2D eigenvalue weighted by Crippen LogP contribution is -2.46. The van der Waals surface area contributed by atoms with E-state index >= 15 is 0 Å². The molecule has 0 aliphatic carbocycles. The number of para-hydroxylation sites is 1. The average molecular weight is 435 g/mol. The molecule has 1 fully saturated rings. The van der Waals surface area contributed by atoms with Gasteiger partial charge in [0.1, 0.15) is 0 Å². The minimum Gasteiger partial charge on any atom is -0.369 e. The van der Waals surface area contributed by atoms with Gasteiger partial charge in [-0.1, -0.05) is 23.4 Å². The molecule has 1 aliphatic rings. The minimum atomic E-state index is 0.0186. The van der Waals surface area contributed by atoms with Crippen LogP contribution in [0.1, 0.15) is 25.2 Å². The van der Waals surface area contributed by atoms with E-state index in [0.29, 0.717) is 31.1 Å². The topological polar surface area (TPSA) is 87.4 Å². The quantitative estimate of drug-likeness (QED) is 0.491. The summed E-state index contributed by atoms with van der Waals surface area (Å²) in [5.41, 5.74) is 2.16. The Bertz CT molecular complexity index is 955. The van der Waals surface area contributed by atoms with Crippen molar-refractivity contribution >= 4 is 11.6 Å². The van der Waals surface area contributed by atoms with E-state index < -0.39 is 0 Å². The van der Waals surface area contributed by atoms with Crippen LogP contribution >= 0.6 is 0 Å². The van der Waals surface area contributed by atoms with E-state index in [-0.39, 0.29) is 5.91 Å². The lowest BCUT2D eigenvalue weighted by molar-refractivity contribution is -0.121. The second kappa shape index (κ2) is 11.4. The SMILES string of the molecule is O=C(CCc1nc(-c2ccncc2)no1)NCCCCN1CCN(c2ccccc2)CC1. The maximum absolute atomic E-state index is 12.1. The van der Waals surface area contributed by atoms with Crippen molar-refractivity contribution in [3.63, 3.8) is 0 Å². The van der Waals surface area contributed by atoms with E-state index in [2.05, 4.69) is 60.6 Å². The van der Waals surface area contributed by atoms with Gasteiger partial charge in [0.15, 0.2) is 0 Å². The summed E-state index contributed by atoms with van der Waals surface area (Å²) >= 11 is 0. The number of unbranched alkanes of at least 4 members (excludes halogenated alkanes) is 1. The lowest BCUT2D eigenvalue weighted by atomic mass is 10.2. The van der Waals surface area contributed by atoms with Crippen molar-refractivity contribution < 1.29 is 9.32 Å². The van der Waals surface area contributed by atoms with E-state index in [1.54, 1.807) is 12.4 Å². The first-order valence-corrected chi connectivity index (χ1v) is 11.3.